The van der Waals surface area contributed by atoms with E-state index in [9.17, 15) is 19.5 Å². The Labute approximate surface area is 207 Å². The summed E-state index contributed by atoms with van der Waals surface area (Å²) in [6.45, 7) is 0.106. The van der Waals surface area contributed by atoms with Crippen molar-refractivity contribution in [1.29, 1.82) is 0 Å². The lowest BCUT2D eigenvalue weighted by atomic mass is 9.98. The highest BCUT2D eigenvalue weighted by Gasteiger charge is 2.29. The minimum atomic E-state index is -1.17. The minimum absolute atomic E-state index is 0.0884. The van der Waals surface area contributed by atoms with Gasteiger partial charge in [0.2, 0.25) is 5.91 Å². The minimum Gasteiger partial charge on any atom is -0.480 e. The van der Waals surface area contributed by atoms with E-state index in [0.29, 0.717) is 0 Å². The molecule has 0 aliphatic heterocycles. The molecular weight excluding hydrogens is 464 g/mol. The first-order chi connectivity index (χ1) is 17.0. The summed E-state index contributed by atoms with van der Waals surface area (Å²) < 4.78 is 5.44. The van der Waals surface area contributed by atoms with Gasteiger partial charge >= 0.3 is 12.1 Å². The van der Waals surface area contributed by atoms with Gasteiger partial charge in [-0.2, -0.15) is 0 Å². The third-order valence-corrected chi connectivity index (χ3v) is 6.71. The van der Waals surface area contributed by atoms with Crippen LogP contribution in [0.15, 0.2) is 78.9 Å². The smallest absolute Gasteiger partial charge is 0.407 e. The van der Waals surface area contributed by atoms with Crippen molar-refractivity contribution in [2.45, 2.75) is 18.4 Å². The molecule has 0 aromatic heterocycles. The highest BCUT2D eigenvalue weighted by Crippen LogP contribution is 2.44. The lowest BCUT2D eigenvalue weighted by molar-refractivity contribution is -0.138. The second-order valence-electron chi connectivity index (χ2n) is 8.14. The first kappa shape index (κ1) is 24.3. The fourth-order valence-electron chi connectivity index (χ4n) is 4.11. The Hall–Kier alpha value is -3.78. The van der Waals surface area contributed by atoms with E-state index in [0.717, 1.165) is 27.8 Å². The molecule has 0 radical (unpaired) electrons. The van der Waals surface area contributed by atoms with Gasteiger partial charge in [-0.05, 0) is 27.8 Å². The van der Waals surface area contributed by atoms with Crippen molar-refractivity contribution >= 4 is 29.7 Å². The molecule has 0 fully saturated rings. The fraction of sp³-hybridized carbons (Fsp3) is 0.222. The molecule has 3 N–H and O–H groups in total. The fourth-order valence-corrected chi connectivity index (χ4v) is 4.95. The van der Waals surface area contributed by atoms with E-state index in [1.54, 1.807) is 0 Å². The van der Waals surface area contributed by atoms with E-state index in [2.05, 4.69) is 10.6 Å². The highest BCUT2D eigenvalue weighted by atomic mass is 32.2. The van der Waals surface area contributed by atoms with Crippen molar-refractivity contribution in [3.05, 3.63) is 95.6 Å². The van der Waals surface area contributed by atoms with Gasteiger partial charge < -0.3 is 20.5 Å². The van der Waals surface area contributed by atoms with Crippen molar-refractivity contribution < 1.29 is 24.2 Å². The molecule has 3 aromatic carbocycles. The number of carboxylic acid groups (broad SMARTS) is 1. The Balaban J connectivity index is 1.24. The van der Waals surface area contributed by atoms with Crippen molar-refractivity contribution in [3.8, 4) is 11.1 Å². The van der Waals surface area contributed by atoms with Gasteiger partial charge in [0.05, 0.1) is 12.3 Å². The van der Waals surface area contributed by atoms with Crippen LogP contribution in [0.2, 0.25) is 0 Å². The van der Waals surface area contributed by atoms with E-state index in [-0.39, 0.29) is 36.5 Å². The normalized spacial score (nSPS) is 12.8. The zero-order valence-electron chi connectivity index (χ0n) is 19.0. The van der Waals surface area contributed by atoms with E-state index >= 15 is 0 Å². The first-order valence-electron chi connectivity index (χ1n) is 11.3. The molecule has 0 saturated heterocycles. The summed E-state index contributed by atoms with van der Waals surface area (Å²) in [5.41, 5.74) is 5.30. The number of hydrogen-bond donors (Lipinski definition) is 3. The number of aliphatic carboxylic acids is 1. The lowest BCUT2D eigenvalue weighted by Crippen LogP contribution is -2.43. The molecule has 1 aliphatic carbocycles. The summed E-state index contributed by atoms with van der Waals surface area (Å²) in [5, 5.41) is 14.7. The number of rotatable bonds is 10. The van der Waals surface area contributed by atoms with Gasteiger partial charge in [-0.15, -0.1) is 11.8 Å². The number of hydrogen-bond acceptors (Lipinski definition) is 5. The Bertz CT molecular complexity index is 1160. The molecule has 7 nitrogen and oxygen atoms in total. The predicted octanol–water partition coefficient (Wildman–Crippen LogP) is 4.03. The quantitative estimate of drug-likeness (QED) is 0.293. The van der Waals surface area contributed by atoms with Crippen molar-refractivity contribution in [2.75, 3.05) is 18.2 Å². The largest absolute Gasteiger partial charge is 0.480 e. The van der Waals surface area contributed by atoms with Gasteiger partial charge in [-0.25, -0.2) is 9.59 Å². The summed E-state index contributed by atoms with van der Waals surface area (Å²) >= 11 is 1.21. The third-order valence-electron chi connectivity index (χ3n) is 5.80. The summed E-state index contributed by atoms with van der Waals surface area (Å²) in [7, 11) is 0. The zero-order chi connectivity index (χ0) is 24.6. The number of ether oxygens (including phenoxy) is 1. The molecule has 1 aliphatic rings. The molecule has 4 rings (SSSR count). The SMILES string of the molecule is O=C(Cc1ccccc1)NCSCC(NC(=O)OCC1c2ccccc2-c2ccccc21)C(=O)O. The standard InChI is InChI=1S/C27H26N2O5S/c30-25(14-18-8-2-1-3-9-18)28-17-35-16-24(26(31)32)29-27(33)34-15-23-21-12-6-4-10-19(21)20-11-5-7-13-22(20)23/h1-13,23-24H,14-17H2,(H,28,30)(H,29,33)(H,31,32). The van der Waals surface area contributed by atoms with Crippen LogP contribution in [0.25, 0.3) is 11.1 Å². The molecule has 35 heavy (non-hydrogen) atoms. The van der Waals surface area contributed by atoms with Gasteiger partial charge in [-0.1, -0.05) is 78.9 Å². The second kappa shape index (κ2) is 11.6. The molecule has 2 amide bonds. The number of amides is 2. The van der Waals surface area contributed by atoms with Gasteiger partial charge in [0.15, 0.2) is 0 Å². The molecule has 180 valence electrons. The maximum Gasteiger partial charge on any atom is 0.407 e. The maximum atomic E-state index is 12.4. The van der Waals surface area contributed by atoms with Crippen molar-refractivity contribution in [1.82, 2.24) is 10.6 Å². The van der Waals surface area contributed by atoms with Crippen LogP contribution in [0.3, 0.4) is 0 Å². The van der Waals surface area contributed by atoms with Crippen LogP contribution in [0.1, 0.15) is 22.6 Å². The highest BCUT2D eigenvalue weighted by molar-refractivity contribution is 7.99. The van der Waals surface area contributed by atoms with Gasteiger partial charge in [0.25, 0.3) is 0 Å². The van der Waals surface area contributed by atoms with E-state index < -0.39 is 18.1 Å². The number of carbonyl (C=O) groups is 3. The molecule has 8 heteroatoms. The average molecular weight is 491 g/mol. The summed E-state index contributed by atoms with van der Waals surface area (Å²) in [4.78, 5) is 36.1. The van der Waals surface area contributed by atoms with Gasteiger partial charge in [0.1, 0.15) is 12.6 Å². The molecular formula is C27H26N2O5S. The van der Waals surface area contributed by atoms with Gasteiger partial charge in [-0.3, -0.25) is 4.79 Å². The molecule has 3 aromatic rings. The maximum absolute atomic E-state index is 12.4. The zero-order valence-corrected chi connectivity index (χ0v) is 19.8. The third kappa shape index (κ3) is 6.22. The topological polar surface area (TPSA) is 105 Å². The molecule has 0 heterocycles. The predicted molar refractivity (Wildman–Crippen MR) is 135 cm³/mol. The first-order valence-corrected chi connectivity index (χ1v) is 12.4. The molecule has 1 atom stereocenters. The van der Waals surface area contributed by atoms with Crippen molar-refractivity contribution in [2.24, 2.45) is 0 Å². The molecule has 1 unspecified atom stereocenters. The number of carbonyl (C=O) groups excluding carboxylic acids is 2. The summed E-state index contributed by atoms with van der Waals surface area (Å²) in [6, 6.07) is 24.2. The number of benzene rings is 3. The summed E-state index contributed by atoms with van der Waals surface area (Å²) in [5.74, 6) is -1.10. The Kier molecular flexibility index (Phi) is 8.05. The Morgan fingerprint density at radius 3 is 2.11 bits per heavy atom. The van der Waals surface area contributed by atoms with E-state index in [1.807, 2.05) is 78.9 Å². The second-order valence-corrected chi connectivity index (χ2v) is 9.17. The molecule has 0 saturated carbocycles. The van der Waals surface area contributed by atoms with E-state index in [1.165, 1.54) is 11.8 Å². The Morgan fingerprint density at radius 2 is 1.49 bits per heavy atom. The Morgan fingerprint density at radius 1 is 0.886 bits per heavy atom. The number of thioether (sulfide) groups is 1. The molecule has 0 spiro atoms. The average Bonchev–Trinajstić information content (AvgIpc) is 3.19. The lowest BCUT2D eigenvalue weighted by Gasteiger charge is -2.17. The van der Waals surface area contributed by atoms with E-state index in [4.69, 9.17) is 4.74 Å². The van der Waals surface area contributed by atoms with Crippen molar-refractivity contribution in [3.63, 3.8) is 0 Å². The number of nitrogens with one attached hydrogen (secondary N) is 2. The van der Waals surface area contributed by atoms with Crippen LogP contribution in [-0.2, 0) is 20.7 Å². The number of alkyl carbamates (subject to hydrolysis) is 1. The molecule has 0 bridgehead atoms. The van der Waals surface area contributed by atoms with Gasteiger partial charge in [0, 0.05) is 11.7 Å². The summed E-state index contributed by atoms with van der Waals surface area (Å²) in [6.07, 6.45) is -0.533. The van der Waals surface area contributed by atoms with Crippen LogP contribution in [0.5, 0.6) is 0 Å². The van der Waals surface area contributed by atoms with Crippen LogP contribution in [0.4, 0.5) is 4.79 Å². The van der Waals surface area contributed by atoms with Crippen LogP contribution in [-0.4, -0.2) is 47.4 Å². The van der Waals surface area contributed by atoms with Crippen LogP contribution in [0, 0.1) is 0 Å². The van der Waals surface area contributed by atoms with Crippen LogP contribution < -0.4 is 10.6 Å². The monoisotopic (exact) mass is 490 g/mol. The van der Waals surface area contributed by atoms with Crippen LogP contribution >= 0.6 is 11.8 Å². The number of fused-ring (bicyclic) bond motifs is 3. The number of carboxylic acids is 1.